The van der Waals surface area contributed by atoms with Crippen LogP contribution in [-0.4, -0.2) is 33.6 Å². The second kappa shape index (κ2) is 8.36. The third-order valence-electron chi connectivity index (χ3n) is 3.74. The standard InChI is InChI=1S/C18H15BrN4O3S/c19-12-5-7-13(8-6-12)23-16(25)9-15(17(23)26)27-18(20)22-21-10-11-3-1-2-4-14(11)24/h1-8,10,15,24H,9H2,(H2,20,22)/b21-10+/t15-/m0/s1. The number of thioether (sulfide) groups is 1. The SMILES string of the molecule is NC(=N/N=C/c1ccccc1O)S[C@H]1CC(=O)N(c2ccc(Br)cc2)C1=O. The molecule has 3 N–H and O–H groups in total. The summed E-state index contributed by atoms with van der Waals surface area (Å²) in [5.41, 5.74) is 6.83. The molecule has 0 spiro atoms. The van der Waals surface area contributed by atoms with E-state index in [-0.39, 0.29) is 29.2 Å². The van der Waals surface area contributed by atoms with E-state index in [0.717, 1.165) is 21.1 Å². The number of nitrogens with two attached hydrogens (primary N) is 1. The Morgan fingerprint density at radius 3 is 2.63 bits per heavy atom. The smallest absolute Gasteiger partial charge is 0.247 e. The van der Waals surface area contributed by atoms with E-state index in [0.29, 0.717) is 11.3 Å². The molecule has 0 bridgehead atoms. The van der Waals surface area contributed by atoms with Crippen molar-refractivity contribution in [3.8, 4) is 5.75 Å². The molecule has 7 nitrogen and oxygen atoms in total. The predicted molar refractivity (Wildman–Crippen MR) is 110 cm³/mol. The van der Waals surface area contributed by atoms with Gasteiger partial charge in [0, 0.05) is 16.5 Å². The van der Waals surface area contributed by atoms with Crippen LogP contribution in [0.4, 0.5) is 5.69 Å². The molecule has 2 aromatic carbocycles. The number of anilines is 1. The number of carbonyl (C=O) groups excluding carboxylic acids is 2. The van der Waals surface area contributed by atoms with Crippen molar-refractivity contribution in [2.75, 3.05) is 4.90 Å². The Morgan fingerprint density at radius 1 is 1.22 bits per heavy atom. The Hall–Kier alpha value is -2.65. The Morgan fingerprint density at radius 2 is 1.93 bits per heavy atom. The minimum atomic E-state index is -0.648. The van der Waals surface area contributed by atoms with Crippen molar-refractivity contribution in [1.29, 1.82) is 0 Å². The average molecular weight is 447 g/mol. The summed E-state index contributed by atoms with van der Waals surface area (Å²) in [7, 11) is 0. The number of benzene rings is 2. The van der Waals surface area contributed by atoms with Gasteiger partial charge in [0.1, 0.15) is 11.0 Å². The van der Waals surface area contributed by atoms with Crippen molar-refractivity contribution < 1.29 is 14.7 Å². The molecule has 1 atom stereocenters. The highest BCUT2D eigenvalue weighted by atomic mass is 79.9. The van der Waals surface area contributed by atoms with Crippen molar-refractivity contribution in [2.45, 2.75) is 11.7 Å². The number of nitrogens with zero attached hydrogens (tertiary/aromatic N) is 3. The summed E-state index contributed by atoms with van der Waals surface area (Å²) < 4.78 is 0.856. The number of phenols is 1. The summed E-state index contributed by atoms with van der Waals surface area (Å²) in [6, 6.07) is 13.6. The molecule has 27 heavy (non-hydrogen) atoms. The van der Waals surface area contributed by atoms with Crippen LogP contribution in [0.1, 0.15) is 12.0 Å². The average Bonchev–Trinajstić information content (AvgIpc) is 2.91. The van der Waals surface area contributed by atoms with E-state index >= 15 is 0 Å². The first-order valence-electron chi connectivity index (χ1n) is 7.89. The number of para-hydroxylation sites is 1. The summed E-state index contributed by atoms with van der Waals surface area (Å²) in [6.45, 7) is 0. The van der Waals surface area contributed by atoms with E-state index in [4.69, 9.17) is 5.73 Å². The number of hydrogen-bond acceptors (Lipinski definition) is 6. The first-order valence-corrected chi connectivity index (χ1v) is 9.56. The lowest BCUT2D eigenvalue weighted by atomic mass is 10.2. The lowest BCUT2D eigenvalue weighted by Gasteiger charge is -2.14. The number of aromatic hydroxyl groups is 1. The summed E-state index contributed by atoms with van der Waals surface area (Å²) in [5, 5.41) is 16.7. The van der Waals surface area contributed by atoms with Crippen LogP contribution < -0.4 is 10.6 Å². The van der Waals surface area contributed by atoms with Gasteiger partial charge in [0.05, 0.1) is 11.9 Å². The van der Waals surface area contributed by atoms with Crippen molar-refractivity contribution in [3.63, 3.8) is 0 Å². The third-order valence-corrected chi connectivity index (χ3v) is 5.25. The van der Waals surface area contributed by atoms with E-state index in [1.165, 1.54) is 12.3 Å². The number of rotatable bonds is 4. The van der Waals surface area contributed by atoms with Gasteiger partial charge in [-0.1, -0.05) is 39.8 Å². The van der Waals surface area contributed by atoms with Crippen molar-refractivity contribution in [3.05, 3.63) is 58.6 Å². The van der Waals surface area contributed by atoms with Crippen LogP contribution in [0.25, 0.3) is 0 Å². The van der Waals surface area contributed by atoms with Crippen LogP contribution in [0, 0.1) is 0 Å². The van der Waals surface area contributed by atoms with Gasteiger partial charge in [-0.15, -0.1) is 5.10 Å². The van der Waals surface area contributed by atoms with Crippen LogP contribution in [0.2, 0.25) is 0 Å². The zero-order valence-electron chi connectivity index (χ0n) is 13.9. The molecule has 0 aliphatic carbocycles. The van der Waals surface area contributed by atoms with Gasteiger partial charge >= 0.3 is 0 Å². The number of hydrogen-bond donors (Lipinski definition) is 2. The minimum absolute atomic E-state index is 0.0406. The summed E-state index contributed by atoms with van der Waals surface area (Å²) in [5.74, 6) is -0.551. The molecule has 1 heterocycles. The van der Waals surface area contributed by atoms with Crippen molar-refractivity contribution in [1.82, 2.24) is 0 Å². The maximum absolute atomic E-state index is 12.6. The molecule has 1 fully saturated rings. The minimum Gasteiger partial charge on any atom is -0.507 e. The molecule has 3 rings (SSSR count). The highest BCUT2D eigenvalue weighted by Crippen LogP contribution is 2.30. The second-order valence-electron chi connectivity index (χ2n) is 5.60. The first-order chi connectivity index (χ1) is 13.0. The van der Waals surface area contributed by atoms with Crippen LogP contribution in [0.5, 0.6) is 5.75 Å². The van der Waals surface area contributed by atoms with Gasteiger partial charge in [-0.25, -0.2) is 4.90 Å². The van der Waals surface area contributed by atoms with Gasteiger partial charge < -0.3 is 10.8 Å². The lowest BCUT2D eigenvalue weighted by molar-refractivity contribution is -0.121. The monoisotopic (exact) mass is 446 g/mol. The summed E-state index contributed by atoms with van der Waals surface area (Å²) >= 11 is 4.31. The number of amides is 2. The molecule has 1 aliphatic heterocycles. The zero-order valence-corrected chi connectivity index (χ0v) is 16.4. The molecule has 0 saturated carbocycles. The van der Waals surface area contributed by atoms with Crippen molar-refractivity contribution >= 4 is 56.6 Å². The van der Waals surface area contributed by atoms with E-state index in [1.807, 2.05) is 0 Å². The summed E-state index contributed by atoms with van der Waals surface area (Å²) in [4.78, 5) is 26.0. The molecular weight excluding hydrogens is 432 g/mol. The number of imide groups is 1. The van der Waals surface area contributed by atoms with Crippen LogP contribution >= 0.6 is 27.7 Å². The van der Waals surface area contributed by atoms with Gasteiger partial charge in [-0.2, -0.15) is 5.10 Å². The number of carbonyl (C=O) groups is 2. The normalized spacial score (nSPS) is 17.9. The van der Waals surface area contributed by atoms with Gasteiger partial charge in [0.25, 0.3) is 0 Å². The fourth-order valence-electron chi connectivity index (χ4n) is 2.47. The maximum Gasteiger partial charge on any atom is 0.247 e. The Balaban J connectivity index is 1.67. The van der Waals surface area contributed by atoms with E-state index in [9.17, 15) is 14.7 Å². The molecule has 1 saturated heterocycles. The molecule has 2 amide bonds. The van der Waals surface area contributed by atoms with Gasteiger partial charge in [-0.3, -0.25) is 9.59 Å². The highest BCUT2D eigenvalue weighted by molar-refractivity contribution is 9.10. The third kappa shape index (κ3) is 4.55. The van der Waals surface area contributed by atoms with Gasteiger partial charge in [-0.05, 0) is 36.4 Å². The van der Waals surface area contributed by atoms with E-state index in [1.54, 1.807) is 42.5 Å². The van der Waals surface area contributed by atoms with Crippen LogP contribution in [0.15, 0.2) is 63.2 Å². The first kappa shape index (κ1) is 19.1. The van der Waals surface area contributed by atoms with Crippen molar-refractivity contribution in [2.24, 2.45) is 15.9 Å². The molecule has 138 valence electrons. The quantitative estimate of drug-likeness (QED) is 0.324. The van der Waals surface area contributed by atoms with Crippen LogP contribution in [0.3, 0.4) is 0 Å². The lowest BCUT2D eigenvalue weighted by Crippen LogP contribution is -2.31. The highest BCUT2D eigenvalue weighted by Gasteiger charge is 2.40. The number of phenolic OH excluding ortho intramolecular Hbond substituents is 1. The molecule has 0 unspecified atom stereocenters. The van der Waals surface area contributed by atoms with Crippen LogP contribution in [-0.2, 0) is 9.59 Å². The molecule has 0 aromatic heterocycles. The number of amidine groups is 1. The molecular formula is C18H15BrN4O3S. The maximum atomic E-state index is 12.6. The Bertz CT molecular complexity index is 930. The largest absolute Gasteiger partial charge is 0.507 e. The fraction of sp³-hybridized carbons (Fsp3) is 0.111. The topological polar surface area (TPSA) is 108 Å². The Kier molecular flexibility index (Phi) is 5.92. The zero-order chi connectivity index (χ0) is 19.4. The predicted octanol–water partition coefficient (Wildman–Crippen LogP) is 2.87. The molecule has 9 heteroatoms. The second-order valence-corrected chi connectivity index (χ2v) is 7.73. The molecule has 0 radical (unpaired) electrons. The fourth-order valence-corrected chi connectivity index (χ4v) is 3.55. The molecule has 1 aliphatic rings. The van der Waals surface area contributed by atoms with E-state index in [2.05, 4.69) is 26.1 Å². The van der Waals surface area contributed by atoms with Gasteiger partial charge in [0.2, 0.25) is 11.8 Å². The molecule has 2 aromatic rings. The summed E-state index contributed by atoms with van der Waals surface area (Å²) in [6.07, 6.45) is 1.40. The Labute approximate surface area is 168 Å². The van der Waals surface area contributed by atoms with Gasteiger partial charge in [0.15, 0.2) is 5.17 Å². The van der Waals surface area contributed by atoms with E-state index < -0.39 is 5.25 Å². The number of halogens is 1.